The van der Waals surface area contributed by atoms with E-state index >= 15 is 0 Å². The predicted molar refractivity (Wildman–Crippen MR) is 295 cm³/mol. The van der Waals surface area contributed by atoms with Gasteiger partial charge in [0.05, 0.1) is 45.5 Å². The number of para-hydroxylation sites is 6. The molecule has 4 N–H and O–H groups in total. The van der Waals surface area contributed by atoms with Crippen LogP contribution in [0.15, 0.2) is 231 Å². The van der Waals surface area contributed by atoms with Gasteiger partial charge in [-0.3, -0.25) is 0 Å². The summed E-state index contributed by atoms with van der Waals surface area (Å²) in [7, 11) is 0. The highest BCUT2D eigenvalue weighted by molar-refractivity contribution is 6.11. The van der Waals surface area contributed by atoms with Crippen LogP contribution in [0.25, 0.3) is 77.2 Å². The summed E-state index contributed by atoms with van der Waals surface area (Å²) in [4.78, 5) is 0. The number of aryl methyl sites for hydroxylation is 2. The van der Waals surface area contributed by atoms with E-state index in [2.05, 4.69) is 252 Å². The topological polar surface area (TPSA) is 74.4 Å². The van der Waals surface area contributed by atoms with Crippen LogP contribution in [0.1, 0.15) is 40.8 Å². The Morgan fingerprint density at radius 1 is 0.352 bits per heavy atom. The zero-order valence-electron chi connectivity index (χ0n) is 39.6. The third-order valence-corrected chi connectivity index (χ3v) is 14.1. The lowest BCUT2D eigenvalue weighted by Gasteiger charge is -2.29. The lowest BCUT2D eigenvalue weighted by Crippen LogP contribution is -2.20. The van der Waals surface area contributed by atoms with Crippen molar-refractivity contribution in [1.29, 1.82) is 0 Å². The van der Waals surface area contributed by atoms with Crippen molar-refractivity contribution in [2.24, 2.45) is 0 Å². The van der Waals surface area contributed by atoms with Gasteiger partial charge in [-0.1, -0.05) is 170 Å². The summed E-state index contributed by atoms with van der Waals surface area (Å²) >= 11 is 0. The molecule has 0 fully saturated rings. The fraction of sp³-hybridized carbons (Fsp3) is 0.0769. The van der Waals surface area contributed by atoms with Crippen molar-refractivity contribution in [2.75, 3.05) is 10.6 Å². The van der Waals surface area contributed by atoms with Gasteiger partial charge in [0.1, 0.15) is 11.5 Å². The molecule has 0 bridgehead atoms. The average Bonchev–Trinajstić information content (AvgIpc) is 3.93. The number of phenolic OH excluding ortho intramolecular Hbond substituents is 2. The number of aromatic nitrogens is 2. The van der Waals surface area contributed by atoms with Crippen LogP contribution in [0.4, 0.5) is 11.4 Å². The van der Waals surface area contributed by atoms with Gasteiger partial charge in [0.25, 0.3) is 0 Å². The maximum Gasteiger partial charge on any atom is 0.147 e. The summed E-state index contributed by atoms with van der Waals surface area (Å²) in [6.45, 7) is 4.19. The standard InChI is InChI=1S/C65H52N4O2/c1-42-37-52(64(70)62(39-42)68-58-33-17-11-27-48(58)49-28-12-18-34-59(49)68)46-25-9-15-31-54(46)66-56(44-21-5-3-6-22-44)41-57(45-23-7-4-8-24-45)67-55-32-16-10-26-47(55)53-38-43(2)40-63(65(53)71)69-60-35-19-13-29-50(60)51-30-14-20-36-61(51)69/h3-40,56-57,66-67,70-71H,41H2,1-2H3/t56-,57-/m0/s1. The maximum atomic E-state index is 12.5. The molecule has 6 heteroatoms. The summed E-state index contributed by atoms with van der Waals surface area (Å²) < 4.78 is 4.38. The van der Waals surface area contributed by atoms with Gasteiger partial charge in [0.2, 0.25) is 0 Å². The van der Waals surface area contributed by atoms with Crippen LogP contribution in [0, 0.1) is 13.8 Å². The summed E-state index contributed by atoms with van der Waals surface area (Å²) in [6, 6.07) is 79.4. The SMILES string of the molecule is Cc1cc(-c2ccccc2N[C@@H](C[C@H](Nc2ccccc2-c2cc(C)cc(-n3c4ccccc4c4ccccc43)c2O)c2ccccc2)c2ccccc2)c(O)c(-n2c3ccccc3c3ccccc32)c1. The monoisotopic (exact) mass is 920 g/mol. The molecular weight excluding hydrogens is 869 g/mol. The molecule has 0 saturated heterocycles. The van der Waals surface area contributed by atoms with E-state index in [-0.39, 0.29) is 23.6 Å². The van der Waals surface area contributed by atoms with Gasteiger partial charge in [-0.25, -0.2) is 0 Å². The smallest absolute Gasteiger partial charge is 0.147 e. The highest BCUT2D eigenvalue weighted by Crippen LogP contribution is 2.46. The Kier molecular flexibility index (Phi) is 11.1. The second kappa shape index (κ2) is 18.1. The number of anilines is 2. The Labute approximate surface area is 413 Å². The van der Waals surface area contributed by atoms with Crippen LogP contribution in [-0.2, 0) is 0 Å². The van der Waals surface area contributed by atoms with Crippen molar-refractivity contribution in [2.45, 2.75) is 32.4 Å². The molecular formula is C65H52N4O2. The van der Waals surface area contributed by atoms with Gasteiger partial charge in [-0.2, -0.15) is 0 Å². The van der Waals surface area contributed by atoms with E-state index in [0.29, 0.717) is 6.42 Å². The van der Waals surface area contributed by atoms with Crippen molar-refractivity contribution >= 4 is 55.0 Å². The first-order chi connectivity index (χ1) is 34.9. The normalized spacial score (nSPS) is 12.4. The molecule has 0 saturated carbocycles. The lowest BCUT2D eigenvalue weighted by atomic mass is 9.92. The zero-order valence-corrected chi connectivity index (χ0v) is 39.6. The molecule has 0 aliphatic heterocycles. The number of rotatable bonds is 12. The van der Waals surface area contributed by atoms with E-state index in [1.54, 1.807) is 0 Å². The van der Waals surface area contributed by atoms with Crippen molar-refractivity contribution in [3.05, 3.63) is 253 Å². The third kappa shape index (κ3) is 7.80. The Morgan fingerprint density at radius 2 is 0.662 bits per heavy atom. The highest BCUT2D eigenvalue weighted by Gasteiger charge is 2.26. The first kappa shape index (κ1) is 43.3. The van der Waals surface area contributed by atoms with Crippen LogP contribution in [0.3, 0.4) is 0 Å². The summed E-state index contributed by atoms with van der Waals surface area (Å²) in [5.74, 6) is 0.433. The van der Waals surface area contributed by atoms with Crippen molar-refractivity contribution in [1.82, 2.24) is 9.13 Å². The number of hydrogen-bond acceptors (Lipinski definition) is 4. The van der Waals surface area contributed by atoms with Gasteiger partial charge in [0, 0.05) is 55.2 Å². The predicted octanol–water partition coefficient (Wildman–Crippen LogP) is 16.6. The minimum atomic E-state index is -0.180. The van der Waals surface area contributed by atoms with Crippen LogP contribution in [-0.4, -0.2) is 19.3 Å². The molecule has 0 amide bonds. The minimum Gasteiger partial charge on any atom is -0.505 e. The molecule has 0 radical (unpaired) electrons. The fourth-order valence-corrected chi connectivity index (χ4v) is 10.9. The number of fused-ring (bicyclic) bond motifs is 6. The molecule has 0 aliphatic carbocycles. The molecule has 0 aliphatic rings. The van der Waals surface area contributed by atoms with E-state index < -0.39 is 0 Å². The Hall–Kier alpha value is -9.00. The lowest BCUT2D eigenvalue weighted by molar-refractivity contribution is 0.474. The maximum absolute atomic E-state index is 12.5. The summed E-state index contributed by atoms with van der Waals surface area (Å²) in [5.41, 5.74) is 15.1. The Balaban J connectivity index is 0.941. The number of nitrogens with zero attached hydrogens (tertiary/aromatic N) is 2. The minimum absolute atomic E-state index is 0.180. The van der Waals surface area contributed by atoms with E-state index in [0.717, 1.165) is 111 Å². The molecule has 12 rings (SSSR count). The van der Waals surface area contributed by atoms with Gasteiger partial charge in [0.15, 0.2) is 0 Å². The third-order valence-electron chi connectivity index (χ3n) is 14.1. The number of aromatic hydroxyl groups is 2. The number of benzene rings is 10. The first-order valence-corrected chi connectivity index (χ1v) is 24.4. The molecule has 6 nitrogen and oxygen atoms in total. The second-order valence-electron chi connectivity index (χ2n) is 18.6. The van der Waals surface area contributed by atoms with Crippen LogP contribution in [0.2, 0.25) is 0 Å². The van der Waals surface area contributed by atoms with Gasteiger partial charge in [-0.05, 0) is 103 Å². The van der Waals surface area contributed by atoms with E-state index in [1.165, 1.54) is 0 Å². The summed E-state index contributed by atoms with van der Waals surface area (Å²) in [6.07, 6.45) is 0.648. The molecule has 12 aromatic rings. The molecule has 2 aromatic heterocycles. The fourth-order valence-electron chi connectivity index (χ4n) is 10.9. The number of nitrogens with one attached hydrogen (secondary N) is 2. The molecule has 0 spiro atoms. The Bertz CT molecular complexity index is 3570. The molecule has 344 valence electrons. The first-order valence-electron chi connectivity index (χ1n) is 24.4. The van der Waals surface area contributed by atoms with Crippen LogP contribution >= 0.6 is 0 Å². The van der Waals surface area contributed by atoms with Crippen molar-refractivity contribution in [3.8, 4) is 45.1 Å². The Morgan fingerprint density at radius 3 is 1.03 bits per heavy atom. The molecule has 71 heavy (non-hydrogen) atoms. The molecule has 2 heterocycles. The molecule has 10 aromatic carbocycles. The van der Waals surface area contributed by atoms with E-state index in [4.69, 9.17) is 0 Å². The van der Waals surface area contributed by atoms with Crippen LogP contribution in [0.5, 0.6) is 11.5 Å². The quantitative estimate of drug-likeness (QED) is 0.0985. The number of hydrogen-bond donors (Lipinski definition) is 4. The summed E-state index contributed by atoms with van der Waals surface area (Å²) in [5, 5.41) is 37.7. The largest absolute Gasteiger partial charge is 0.505 e. The van der Waals surface area contributed by atoms with Gasteiger partial charge < -0.3 is 30.0 Å². The van der Waals surface area contributed by atoms with Gasteiger partial charge >= 0.3 is 0 Å². The van der Waals surface area contributed by atoms with Gasteiger partial charge in [-0.15, -0.1) is 0 Å². The average molecular weight is 921 g/mol. The zero-order chi connectivity index (χ0) is 48.0. The molecule has 2 atom stereocenters. The van der Waals surface area contributed by atoms with Crippen molar-refractivity contribution in [3.63, 3.8) is 0 Å². The molecule has 0 unspecified atom stereocenters. The van der Waals surface area contributed by atoms with E-state index in [9.17, 15) is 10.2 Å². The van der Waals surface area contributed by atoms with E-state index in [1.807, 2.05) is 12.1 Å². The van der Waals surface area contributed by atoms with Crippen molar-refractivity contribution < 1.29 is 10.2 Å². The number of phenols is 2. The highest BCUT2D eigenvalue weighted by atomic mass is 16.3. The van der Waals surface area contributed by atoms with Crippen LogP contribution < -0.4 is 10.6 Å². The second-order valence-corrected chi connectivity index (χ2v) is 18.6.